The van der Waals surface area contributed by atoms with Gasteiger partial charge in [-0.2, -0.15) is 0 Å². The zero-order chi connectivity index (χ0) is 14.5. The molecule has 1 N–H and O–H groups in total. The maximum atomic E-state index is 10.7. The summed E-state index contributed by atoms with van der Waals surface area (Å²) >= 11 is 0. The third kappa shape index (κ3) is 3.26. The Morgan fingerprint density at radius 3 is 2.50 bits per heavy atom. The summed E-state index contributed by atoms with van der Waals surface area (Å²) in [5, 5.41) is 13.9. The fourth-order valence-electron chi connectivity index (χ4n) is 1.84. The summed E-state index contributed by atoms with van der Waals surface area (Å²) in [6, 6.07) is 12.7. The van der Waals surface area contributed by atoms with E-state index >= 15 is 0 Å². The van der Waals surface area contributed by atoms with Crippen LogP contribution in [0.2, 0.25) is 0 Å². The minimum atomic E-state index is -0.438. The molecular weight excluding hydrogens is 256 g/mol. The van der Waals surface area contributed by atoms with Crippen molar-refractivity contribution >= 4 is 11.4 Å². The normalized spacial score (nSPS) is 10.1. The van der Waals surface area contributed by atoms with Crippen LogP contribution in [-0.2, 0) is 6.54 Å². The molecule has 0 heterocycles. The van der Waals surface area contributed by atoms with Crippen molar-refractivity contribution in [2.75, 3.05) is 12.4 Å². The number of aryl methyl sites for hydroxylation is 1. The van der Waals surface area contributed by atoms with Crippen molar-refractivity contribution in [1.82, 2.24) is 0 Å². The number of nitro benzene ring substituents is 1. The topological polar surface area (TPSA) is 64.4 Å². The number of hydrogen-bond acceptors (Lipinski definition) is 4. The molecule has 104 valence electrons. The molecule has 0 amide bonds. The average molecular weight is 272 g/mol. The molecule has 20 heavy (non-hydrogen) atoms. The first kappa shape index (κ1) is 13.9. The minimum absolute atomic E-state index is 0.0164. The van der Waals surface area contributed by atoms with Gasteiger partial charge in [-0.15, -0.1) is 0 Å². The van der Waals surface area contributed by atoms with Gasteiger partial charge in [0.15, 0.2) is 0 Å². The number of ether oxygens (including phenoxy) is 1. The van der Waals surface area contributed by atoms with Crippen molar-refractivity contribution in [3.63, 3.8) is 0 Å². The molecule has 0 radical (unpaired) electrons. The third-order valence-electron chi connectivity index (χ3n) is 3.00. The highest BCUT2D eigenvalue weighted by Gasteiger charge is 2.10. The zero-order valence-corrected chi connectivity index (χ0v) is 11.4. The summed E-state index contributed by atoms with van der Waals surface area (Å²) < 4.78 is 5.18. The van der Waals surface area contributed by atoms with E-state index in [2.05, 4.69) is 5.32 Å². The van der Waals surface area contributed by atoms with Crippen molar-refractivity contribution in [1.29, 1.82) is 0 Å². The Bertz CT molecular complexity index is 609. The van der Waals surface area contributed by atoms with Crippen LogP contribution in [0.15, 0.2) is 42.5 Å². The smallest absolute Gasteiger partial charge is 0.273 e. The molecule has 0 spiro atoms. The number of nitro groups is 1. The summed E-state index contributed by atoms with van der Waals surface area (Å²) in [6.07, 6.45) is 0. The fraction of sp³-hybridized carbons (Fsp3) is 0.200. The molecule has 0 fully saturated rings. The van der Waals surface area contributed by atoms with Crippen molar-refractivity contribution in [3.05, 3.63) is 63.7 Å². The van der Waals surface area contributed by atoms with Gasteiger partial charge in [-0.3, -0.25) is 10.1 Å². The second-order valence-corrected chi connectivity index (χ2v) is 4.48. The van der Waals surface area contributed by atoms with Crippen LogP contribution >= 0.6 is 0 Å². The Kier molecular flexibility index (Phi) is 4.20. The monoisotopic (exact) mass is 272 g/mol. The first-order chi connectivity index (χ1) is 9.60. The molecule has 0 aromatic heterocycles. The molecule has 5 heteroatoms. The first-order valence-electron chi connectivity index (χ1n) is 6.22. The molecule has 2 aromatic rings. The lowest BCUT2D eigenvalue weighted by Crippen LogP contribution is -2.02. The van der Waals surface area contributed by atoms with E-state index < -0.39 is 4.92 Å². The summed E-state index contributed by atoms with van der Waals surface area (Å²) in [4.78, 5) is 10.3. The van der Waals surface area contributed by atoms with Gasteiger partial charge < -0.3 is 10.1 Å². The van der Waals surface area contributed by atoms with Crippen LogP contribution in [-0.4, -0.2) is 12.0 Å². The van der Waals surface area contributed by atoms with Crippen molar-refractivity contribution < 1.29 is 9.66 Å². The number of anilines is 1. The Balaban J connectivity index is 2.12. The molecule has 2 rings (SSSR count). The molecule has 0 atom stereocenters. The third-order valence-corrected chi connectivity index (χ3v) is 3.00. The second-order valence-electron chi connectivity index (χ2n) is 4.48. The molecule has 0 unspecified atom stereocenters. The molecule has 0 aliphatic carbocycles. The molecule has 0 saturated heterocycles. The van der Waals surface area contributed by atoms with Gasteiger partial charge in [-0.05, 0) is 18.6 Å². The van der Waals surface area contributed by atoms with Gasteiger partial charge in [0.25, 0.3) is 5.69 Å². The van der Waals surface area contributed by atoms with E-state index in [4.69, 9.17) is 4.74 Å². The number of methoxy groups -OCH3 is 1. The molecule has 0 saturated carbocycles. The predicted octanol–water partition coefficient (Wildman–Crippen LogP) is 3.52. The lowest BCUT2D eigenvalue weighted by molar-refractivity contribution is -0.384. The minimum Gasteiger partial charge on any atom is -0.494 e. The van der Waals surface area contributed by atoms with E-state index in [0.717, 1.165) is 11.3 Å². The lowest BCUT2D eigenvalue weighted by atomic mass is 10.1. The highest BCUT2D eigenvalue weighted by Crippen LogP contribution is 2.29. The van der Waals surface area contributed by atoms with Gasteiger partial charge in [0, 0.05) is 12.6 Å². The number of benzene rings is 2. The van der Waals surface area contributed by atoms with Crippen molar-refractivity contribution in [3.8, 4) is 5.75 Å². The van der Waals surface area contributed by atoms with Gasteiger partial charge >= 0.3 is 0 Å². The highest BCUT2D eigenvalue weighted by molar-refractivity contribution is 5.60. The zero-order valence-electron chi connectivity index (χ0n) is 11.4. The predicted molar refractivity (Wildman–Crippen MR) is 78.2 cm³/mol. The van der Waals surface area contributed by atoms with E-state index in [1.54, 1.807) is 6.07 Å². The molecular formula is C15H16N2O3. The van der Waals surface area contributed by atoms with Gasteiger partial charge in [0.05, 0.1) is 23.8 Å². The number of nitrogens with zero attached hydrogens (tertiary/aromatic N) is 1. The molecule has 0 aliphatic rings. The number of hydrogen-bond donors (Lipinski definition) is 1. The van der Waals surface area contributed by atoms with Crippen LogP contribution < -0.4 is 10.1 Å². The van der Waals surface area contributed by atoms with E-state index in [9.17, 15) is 10.1 Å². The van der Waals surface area contributed by atoms with Crippen LogP contribution in [0, 0.1) is 17.0 Å². The number of non-ortho nitro benzene ring substituents is 1. The average Bonchev–Trinajstić information content (AvgIpc) is 2.46. The van der Waals surface area contributed by atoms with Crippen LogP contribution in [0.5, 0.6) is 5.75 Å². The van der Waals surface area contributed by atoms with Crippen LogP contribution in [0.4, 0.5) is 11.4 Å². The van der Waals surface area contributed by atoms with Gasteiger partial charge in [-0.25, -0.2) is 0 Å². The number of nitrogens with one attached hydrogen (secondary N) is 1. The summed E-state index contributed by atoms with van der Waals surface area (Å²) in [7, 11) is 1.50. The first-order valence-corrected chi connectivity index (χ1v) is 6.22. The fourth-order valence-corrected chi connectivity index (χ4v) is 1.84. The highest BCUT2D eigenvalue weighted by atomic mass is 16.6. The molecule has 0 bridgehead atoms. The van der Waals surface area contributed by atoms with Crippen molar-refractivity contribution in [2.45, 2.75) is 13.5 Å². The van der Waals surface area contributed by atoms with Crippen LogP contribution in [0.3, 0.4) is 0 Å². The van der Waals surface area contributed by atoms with Gasteiger partial charge in [0.1, 0.15) is 5.75 Å². The SMILES string of the molecule is COc1cc([N+](=O)[O-])ccc1NCc1ccc(C)cc1. The Hall–Kier alpha value is -2.56. The number of rotatable bonds is 5. The maximum Gasteiger partial charge on any atom is 0.273 e. The van der Waals surface area contributed by atoms with E-state index in [1.165, 1.54) is 24.8 Å². The van der Waals surface area contributed by atoms with Crippen molar-refractivity contribution in [2.24, 2.45) is 0 Å². The van der Waals surface area contributed by atoms with E-state index in [-0.39, 0.29) is 5.69 Å². The Labute approximate surface area is 117 Å². The summed E-state index contributed by atoms with van der Waals surface area (Å²) in [6.45, 7) is 2.67. The Morgan fingerprint density at radius 1 is 1.20 bits per heavy atom. The van der Waals surface area contributed by atoms with Gasteiger partial charge in [-0.1, -0.05) is 29.8 Å². The summed E-state index contributed by atoms with van der Waals surface area (Å²) in [5.74, 6) is 0.464. The quantitative estimate of drug-likeness (QED) is 0.668. The van der Waals surface area contributed by atoms with Crippen LogP contribution in [0.25, 0.3) is 0 Å². The maximum absolute atomic E-state index is 10.7. The Morgan fingerprint density at radius 2 is 1.90 bits per heavy atom. The largest absolute Gasteiger partial charge is 0.494 e. The van der Waals surface area contributed by atoms with Crippen LogP contribution in [0.1, 0.15) is 11.1 Å². The van der Waals surface area contributed by atoms with Gasteiger partial charge in [0.2, 0.25) is 0 Å². The standard InChI is InChI=1S/C15H16N2O3/c1-11-3-5-12(6-4-11)10-16-14-8-7-13(17(18)19)9-15(14)20-2/h3-9,16H,10H2,1-2H3. The molecule has 0 aliphatic heterocycles. The van der Waals surface area contributed by atoms with E-state index in [1.807, 2.05) is 31.2 Å². The lowest BCUT2D eigenvalue weighted by Gasteiger charge is -2.11. The molecule has 2 aromatic carbocycles. The summed E-state index contributed by atoms with van der Waals surface area (Å²) in [5.41, 5.74) is 3.10. The van der Waals surface area contributed by atoms with E-state index in [0.29, 0.717) is 12.3 Å². The second kappa shape index (κ2) is 6.06. The molecule has 5 nitrogen and oxygen atoms in total.